The number of hydrogen-bond donors (Lipinski definition) is 2. The smallest absolute Gasteiger partial charge is 0.317 e. The summed E-state index contributed by atoms with van der Waals surface area (Å²) < 4.78 is 4.80. The fourth-order valence-electron chi connectivity index (χ4n) is 2.06. The molecule has 22 heavy (non-hydrogen) atoms. The molecule has 112 valence electrons. The second-order valence-electron chi connectivity index (χ2n) is 4.75. The SMILES string of the molecule is Cc1cc(C(=O)N=Nc2c(O)[nH]c3c(C)c(Cl)ccc23)no1. The number of aromatic amines is 1. The van der Waals surface area contributed by atoms with Crippen LogP contribution < -0.4 is 0 Å². The Kier molecular flexibility index (Phi) is 3.42. The molecule has 0 bridgehead atoms. The van der Waals surface area contributed by atoms with Crippen molar-refractivity contribution in [3.63, 3.8) is 0 Å². The van der Waals surface area contributed by atoms with Crippen LogP contribution in [0, 0.1) is 13.8 Å². The Morgan fingerprint density at radius 1 is 1.41 bits per heavy atom. The predicted octanol–water partition coefficient (Wildman–Crippen LogP) is 4.06. The van der Waals surface area contributed by atoms with Gasteiger partial charge in [-0.3, -0.25) is 4.79 Å². The Balaban J connectivity index is 2.00. The summed E-state index contributed by atoms with van der Waals surface area (Å²) >= 11 is 6.03. The van der Waals surface area contributed by atoms with Crippen molar-refractivity contribution >= 4 is 34.1 Å². The molecule has 3 aromatic rings. The molecule has 0 aliphatic rings. The fourth-order valence-corrected chi connectivity index (χ4v) is 2.22. The molecular formula is C14H11ClN4O3. The average molecular weight is 319 g/mol. The highest BCUT2D eigenvalue weighted by molar-refractivity contribution is 6.32. The summed E-state index contributed by atoms with van der Waals surface area (Å²) in [6.45, 7) is 3.48. The maximum atomic E-state index is 11.8. The first-order valence-electron chi connectivity index (χ1n) is 6.36. The van der Waals surface area contributed by atoms with Gasteiger partial charge in [-0.25, -0.2) is 0 Å². The van der Waals surface area contributed by atoms with Crippen LogP contribution in [-0.2, 0) is 0 Å². The Morgan fingerprint density at radius 2 is 2.18 bits per heavy atom. The highest BCUT2D eigenvalue weighted by Gasteiger charge is 2.15. The van der Waals surface area contributed by atoms with Crippen molar-refractivity contribution in [1.29, 1.82) is 0 Å². The van der Waals surface area contributed by atoms with Crippen molar-refractivity contribution in [1.82, 2.24) is 10.1 Å². The van der Waals surface area contributed by atoms with Crippen LogP contribution in [0.5, 0.6) is 5.88 Å². The van der Waals surface area contributed by atoms with Crippen LogP contribution in [-0.4, -0.2) is 21.2 Å². The lowest BCUT2D eigenvalue weighted by Gasteiger charge is -1.98. The van der Waals surface area contributed by atoms with E-state index in [9.17, 15) is 9.90 Å². The zero-order valence-corrected chi connectivity index (χ0v) is 12.5. The zero-order valence-electron chi connectivity index (χ0n) is 11.7. The van der Waals surface area contributed by atoms with Crippen molar-refractivity contribution in [2.24, 2.45) is 10.2 Å². The van der Waals surface area contributed by atoms with Crippen LogP contribution in [0.4, 0.5) is 5.69 Å². The molecular weight excluding hydrogens is 308 g/mol. The predicted molar refractivity (Wildman–Crippen MR) is 79.8 cm³/mol. The van der Waals surface area contributed by atoms with Gasteiger partial charge < -0.3 is 14.6 Å². The normalized spacial score (nSPS) is 11.6. The van der Waals surface area contributed by atoms with E-state index in [-0.39, 0.29) is 17.3 Å². The molecule has 2 aromatic heterocycles. The number of H-pyrrole nitrogens is 1. The van der Waals surface area contributed by atoms with Crippen LogP contribution in [0.25, 0.3) is 10.9 Å². The summed E-state index contributed by atoms with van der Waals surface area (Å²) in [7, 11) is 0. The van der Waals surface area contributed by atoms with E-state index in [1.54, 1.807) is 19.1 Å². The van der Waals surface area contributed by atoms with Gasteiger partial charge in [-0.1, -0.05) is 16.8 Å². The lowest BCUT2D eigenvalue weighted by molar-refractivity contribution is 0.0986. The summed E-state index contributed by atoms with van der Waals surface area (Å²) in [5.41, 5.74) is 1.64. The van der Waals surface area contributed by atoms with E-state index in [4.69, 9.17) is 16.1 Å². The van der Waals surface area contributed by atoms with Gasteiger partial charge in [0.05, 0.1) is 5.52 Å². The van der Waals surface area contributed by atoms with Crippen LogP contribution in [0.2, 0.25) is 5.02 Å². The highest BCUT2D eigenvalue weighted by Crippen LogP contribution is 2.38. The third-order valence-corrected chi connectivity index (χ3v) is 3.62. The van der Waals surface area contributed by atoms with Crippen LogP contribution in [0.1, 0.15) is 21.8 Å². The number of nitrogens with one attached hydrogen (secondary N) is 1. The van der Waals surface area contributed by atoms with Crippen molar-refractivity contribution in [3.05, 3.63) is 40.2 Å². The van der Waals surface area contributed by atoms with Gasteiger partial charge in [0.15, 0.2) is 11.4 Å². The number of halogens is 1. The zero-order chi connectivity index (χ0) is 15.9. The van der Waals surface area contributed by atoms with E-state index in [0.717, 1.165) is 5.56 Å². The number of azo groups is 1. The number of aromatic hydroxyl groups is 1. The summed E-state index contributed by atoms with van der Waals surface area (Å²) in [4.78, 5) is 14.6. The second kappa shape index (κ2) is 5.27. The minimum absolute atomic E-state index is 0.0554. The first kappa shape index (κ1) is 14.3. The number of aryl methyl sites for hydroxylation is 2. The standard InChI is InChI=1S/C14H11ClN4O3/c1-6-5-10(19-22-6)13(20)18-17-12-8-3-4-9(15)7(2)11(8)16-14(12)21/h3-5,16,21H,1-2H3. The second-order valence-corrected chi connectivity index (χ2v) is 5.15. The van der Waals surface area contributed by atoms with Crippen LogP contribution in [0.15, 0.2) is 33.0 Å². The van der Waals surface area contributed by atoms with Crippen LogP contribution >= 0.6 is 11.6 Å². The van der Waals surface area contributed by atoms with Gasteiger partial charge in [0.1, 0.15) is 5.76 Å². The Hall–Kier alpha value is -2.67. The average Bonchev–Trinajstić information content (AvgIpc) is 3.05. The fraction of sp³-hybridized carbons (Fsp3) is 0.143. The molecule has 0 fully saturated rings. The number of fused-ring (bicyclic) bond motifs is 1. The summed E-state index contributed by atoms with van der Waals surface area (Å²) in [6, 6.07) is 4.84. The maximum absolute atomic E-state index is 11.8. The number of aromatic nitrogens is 2. The van der Waals surface area contributed by atoms with E-state index in [2.05, 4.69) is 20.4 Å². The van der Waals surface area contributed by atoms with E-state index in [1.807, 2.05) is 6.92 Å². The van der Waals surface area contributed by atoms with E-state index in [0.29, 0.717) is 21.7 Å². The highest BCUT2D eigenvalue weighted by atomic mass is 35.5. The number of hydrogen-bond acceptors (Lipinski definition) is 5. The molecule has 0 saturated carbocycles. The first-order chi connectivity index (χ1) is 10.5. The third kappa shape index (κ3) is 2.35. The monoisotopic (exact) mass is 318 g/mol. The van der Waals surface area contributed by atoms with Gasteiger partial charge in [-0.15, -0.1) is 10.2 Å². The molecule has 1 aromatic carbocycles. The molecule has 0 aliphatic carbocycles. The van der Waals surface area contributed by atoms with Crippen LogP contribution in [0.3, 0.4) is 0 Å². The summed E-state index contributed by atoms with van der Waals surface area (Å²) in [6.07, 6.45) is 0. The Morgan fingerprint density at radius 3 is 2.86 bits per heavy atom. The van der Waals surface area contributed by atoms with Crippen molar-refractivity contribution in [2.75, 3.05) is 0 Å². The number of benzene rings is 1. The van der Waals surface area contributed by atoms with E-state index >= 15 is 0 Å². The Bertz CT molecular complexity index is 910. The largest absolute Gasteiger partial charge is 0.493 e. The molecule has 0 atom stereocenters. The molecule has 8 heteroatoms. The van der Waals surface area contributed by atoms with Crippen molar-refractivity contribution < 1.29 is 14.4 Å². The molecule has 7 nitrogen and oxygen atoms in total. The number of nitrogens with zero attached hydrogens (tertiary/aromatic N) is 3. The summed E-state index contributed by atoms with van der Waals surface area (Å²) in [5, 5.41) is 22.1. The van der Waals surface area contributed by atoms with Crippen molar-refractivity contribution in [2.45, 2.75) is 13.8 Å². The molecule has 0 spiro atoms. The third-order valence-electron chi connectivity index (χ3n) is 3.21. The first-order valence-corrected chi connectivity index (χ1v) is 6.74. The number of carbonyl (C=O) groups is 1. The molecule has 2 heterocycles. The van der Waals surface area contributed by atoms with Gasteiger partial charge in [0.25, 0.3) is 0 Å². The molecule has 3 rings (SSSR count). The molecule has 1 amide bonds. The molecule has 0 unspecified atom stereocenters. The number of rotatable bonds is 2. The quantitative estimate of drug-likeness (QED) is 0.695. The number of amides is 1. The van der Waals surface area contributed by atoms with Gasteiger partial charge >= 0.3 is 5.91 Å². The molecule has 2 N–H and O–H groups in total. The van der Waals surface area contributed by atoms with Gasteiger partial charge in [-0.05, 0) is 31.5 Å². The van der Waals surface area contributed by atoms with E-state index < -0.39 is 5.91 Å². The minimum Gasteiger partial charge on any atom is -0.493 e. The van der Waals surface area contributed by atoms with E-state index in [1.165, 1.54) is 6.07 Å². The lowest BCUT2D eigenvalue weighted by Crippen LogP contribution is -1.92. The van der Waals surface area contributed by atoms with Gasteiger partial charge in [0.2, 0.25) is 5.88 Å². The molecule has 0 saturated heterocycles. The number of carbonyl (C=O) groups excluding carboxylic acids is 1. The van der Waals surface area contributed by atoms with Gasteiger partial charge in [-0.2, -0.15) is 0 Å². The van der Waals surface area contributed by atoms with Crippen molar-refractivity contribution in [3.8, 4) is 5.88 Å². The Labute approximate surface area is 129 Å². The summed E-state index contributed by atoms with van der Waals surface area (Å²) in [5.74, 6) is -0.344. The topological polar surface area (TPSA) is 104 Å². The lowest BCUT2D eigenvalue weighted by atomic mass is 10.1. The maximum Gasteiger partial charge on any atom is 0.317 e. The molecule has 0 radical (unpaired) electrons. The minimum atomic E-state index is -0.656. The van der Waals surface area contributed by atoms with Gasteiger partial charge in [0, 0.05) is 16.5 Å². The molecule has 0 aliphatic heterocycles.